The predicted octanol–water partition coefficient (Wildman–Crippen LogP) is 4.44. The van der Waals surface area contributed by atoms with Crippen molar-refractivity contribution in [2.24, 2.45) is 0 Å². The van der Waals surface area contributed by atoms with Crippen LogP contribution in [0.1, 0.15) is 22.3 Å². The second-order valence-electron chi connectivity index (χ2n) is 8.61. The van der Waals surface area contributed by atoms with Crippen molar-refractivity contribution in [3.05, 3.63) is 119 Å². The van der Waals surface area contributed by atoms with Crippen molar-refractivity contribution < 1.29 is 4.39 Å². The minimum atomic E-state index is -1.53. The molecule has 0 saturated heterocycles. The van der Waals surface area contributed by atoms with Crippen LogP contribution in [0.5, 0.6) is 0 Å². The third-order valence-electron chi connectivity index (χ3n) is 6.43. The maximum atomic E-state index is 14.9. The van der Waals surface area contributed by atoms with Gasteiger partial charge in [-0.25, -0.2) is 4.39 Å². The summed E-state index contributed by atoms with van der Waals surface area (Å²) in [6.07, 6.45) is -1.53. The molecule has 30 heavy (non-hydrogen) atoms. The van der Waals surface area contributed by atoms with Gasteiger partial charge in [0.1, 0.15) is 12.0 Å². The first-order valence-corrected chi connectivity index (χ1v) is 10.5. The quantitative estimate of drug-likeness (QED) is 0.450. The minimum absolute atomic E-state index is 0.162. The molecule has 0 N–H and O–H groups in total. The maximum Gasteiger partial charge on any atom is 0.123 e. The van der Waals surface area contributed by atoms with Gasteiger partial charge in [0.25, 0.3) is 0 Å². The number of benzene rings is 4. The predicted molar refractivity (Wildman–Crippen MR) is 129 cm³/mol. The van der Waals surface area contributed by atoms with Crippen molar-refractivity contribution in [2.45, 2.75) is 27.7 Å². The van der Waals surface area contributed by atoms with Crippen LogP contribution in [0.4, 0.5) is 4.39 Å². The Morgan fingerprint density at radius 1 is 0.467 bits per heavy atom. The number of hydrogen-bond donors (Lipinski definition) is 0. The number of hydrogen-bond acceptors (Lipinski definition) is 0. The second-order valence-corrected chi connectivity index (χ2v) is 8.61. The number of aryl methyl sites for hydroxylation is 4. The summed E-state index contributed by atoms with van der Waals surface area (Å²) in [5, 5.41) is 0. The van der Waals surface area contributed by atoms with Crippen molar-refractivity contribution >= 4 is 28.0 Å². The third-order valence-corrected chi connectivity index (χ3v) is 6.43. The zero-order valence-electron chi connectivity index (χ0n) is 18.1. The van der Waals surface area contributed by atoms with Crippen molar-refractivity contribution in [2.75, 3.05) is 0 Å². The van der Waals surface area contributed by atoms with Gasteiger partial charge >= 0.3 is 0 Å². The molecular weight excluding hydrogens is 366 g/mol. The Kier molecular flexibility index (Phi) is 5.34. The van der Waals surface area contributed by atoms with E-state index in [0.29, 0.717) is 5.56 Å². The third kappa shape index (κ3) is 3.48. The van der Waals surface area contributed by atoms with E-state index in [1.807, 2.05) is 13.0 Å². The molecule has 0 aromatic heterocycles. The van der Waals surface area contributed by atoms with Crippen LogP contribution in [0.3, 0.4) is 0 Å². The van der Waals surface area contributed by atoms with Gasteiger partial charge in [0.2, 0.25) is 0 Å². The second kappa shape index (κ2) is 7.95. The van der Waals surface area contributed by atoms with Gasteiger partial charge in [-0.2, -0.15) is 21.9 Å². The highest BCUT2D eigenvalue weighted by Crippen LogP contribution is 2.14. The molecule has 0 unspecified atom stereocenters. The Morgan fingerprint density at radius 3 is 1.13 bits per heavy atom. The number of halogens is 1. The van der Waals surface area contributed by atoms with E-state index in [-0.39, 0.29) is 5.82 Å². The van der Waals surface area contributed by atoms with Crippen LogP contribution in [0.2, 0.25) is 0 Å². The van der Waals surface area contributed by atoms with Gasteiger partial charge in [0.15, 0.2) is 0 Å². The van der Waals surface area contributed by atoms with Crippen LogP contribution < -0.4 is 21.9 Å². The summed E-state index contributed by atoms with van der Waals surface area (Å²) in [6, 6.07) is 31.8. The molecule has 150 valence electrons. The maximum absolute atomic E-state index is 14.9. The lowest BCUT2D eigenvalue weighted by molar-refractivity contribution is 0.619. The molecule has 0 spiro atoms. The molecule has 0 heterocycles. The zero-order valence-corrected chi connectivity index (χ0v) is 18.1. The summed E-state index contributed by atoms with van der Waals surface area (Å²) < 4.78 is 14.9. The molecule has 0 amide bonds. The normalized spacial score (nSPS) is 11.5. The van der Waals surface area contributed by atoms with Gasteiger partial charge in [0.05, 0.1) is 0 Å². The minimum Gasteiger partial charge on any atom is -0.207 e. The SMILES string of the molecule is Cc1ccc([B-](c2ccc(C)cc2)(c2ccc(C)cc2)c2ccc(C)c(F)c2)cc1. The largest absolute Gasteiger partial charge is 0.207 e. The molecule has 0 aliphatic rings. The van der Waals surface area contributed by atoms with Crippen LogP contribution in [0.15, 0.2) is 91.0 Å². The van der Waals surface area contributed by atoms with Crippen molar-refractivity contribution in [1.29, 1.82) is 0 Å². The summed E-state index contributed by atoms with van der Waals surface area (Å²) in [7, 11) is 0. The highest BCUT2D eigenvalue weighted by Gasteiger charge is 2.32. The molecule has 2 heteroatoms. The van der Waals surface area contributed by atoms with E-state index < -0.39 is 6.15 Å². The molecule has 4 aromatic rings. The van der Waals surface area contributed by atoms with Crippen molar-refractivity contribution in [3.8, 4) is 0 Å². The van der Waals surface area contributed by atoms with Gasteiger partial charge in [-0.3, -0.25) is 0 Å². The number of rotatable bonds is 4. The van der Waals surface area contributed by atoms with E-state index in [1.54, 1.807) is 6.07 Å². The molecule has 0 atom stereocenters. The molecule has 0 radical (unpaired) electrons. The van der Waals surface area contributed by atoms with Crippen LogP contribution in [-0.4, -0.2) is 6.15 Å². The molecule has 0 fully saturated rings. The summed E-state index contributed by atoms with van der Waals surface area (Å²) in [5.74, 6) is -0.162. The first-order chi connectivity index (χ1) is 14.4. The fourth-order valence-corrected chi connectivity index (χ4v) is 4.60. The van der Waals surface area contributed by atoms with E-state index in [4.69, 9.17) is 0 Å². The summed E-state index contributed by atoms with van der Waals surface area (Å²) in [4.78, 5) is 0. The molecule has 0 saturated carbocycles. The fourth-order valence-electron chi connectivity index (χ4n) is 4.60. The lowest BCUT2D eigenvalue weighted by atomic mass is 9.13. The van der Waals surface area contributed by atoms with Gasteiger partial charge in [-0.05, 0) is 33.3 Å². The summed E-state index contributed by atoms with van der Waals surface area (Å²) >= 11 is 0. The molecule has 0 nitrogen and oxygen atoms in total. The van der Waals surface area contributed by atoms with Crippen LogP contribution in [0, 0.1) is 33.5 Å². The monoisotopic (exact) mass is 393 g/mol. The van der Waals surface area contributed by atoms with E-state index in [2.05, 4.69) is 99.6 Å². The van der Waals surface area contributed by atoms with E-state index in [9.17, 15) is 4.39 Å². The van der Waals surface area contributed by atoms with E-state index >= 15 is 0 Å². The topological polar surface area (TPSA) is 0 Å². The molecule has 0 aliphatic heterocycles. The summed E-state index contributed by atoms with van der Waals surface area (Å²) in [6.45, 7) is 8.11. The average molecular weight is 393 g/mol. The standard InChI is InChI=1S/C28H27BF/c1-20-5-12-24(13-6-20)29(25-14-7-21(2)8-15-25,26-16-9-22(3)10-17-26)27-18-11-23(4)28(30)19-27/h5-19H,1-4H3/q-1. The lowest BCUT2D eigenvalue weighted by Gasteiger charge is -2.44. The average Bonchev–Trinajstić information content (AvgIpc) is 2.74. The van der Waals surface area contributed by atoms with Gasteiger partial charge in [0, 0.05) is 0 Å². The van der Waals surface area contributed by atoms with Gasteiger partial charge < -0.3 is 0 Å². The molecular formula is C28H27BF-. The molecule has 4 rings (SSSR count). The highest BCUT2D eigenvalue weighted by molar-refractivity contribution is 7.19. The Bertz CT molecular complexity index is 1050. The Labute approximate surface area is 179 Å². The fraction of sp³-hybridized carbons (Fsp3) is 0.143. The Morgan fingerprint density at radius 2 is 0.800 bits per heavy atom. The first kappa shape index (κ1) is 20.2. The molecule has 4 aromatic carbocycles. The van der Waals surface area contributed by atoms with Crippen molar-refractivity contribution in [1.82, 2.24) is 0 Å². The van der Waals surface area contributed by atoms with Crippen LogP contribution in [0.25, 0.3) is 0 Å². The zero-order chi connectivity index (χ0) is 21.3. The van der Waals surface area contributed by atoms with Gasteiger partial charge in [-0.15, -0.1) is 0 Å². The molecule has 0 bridgehead atoms. The molecule has 0 aliphatic carbocycles. The highest BCUT2D eigenvalue weighted by atomic mass is 19.1. The van der Waals surface area contributed by atoms with Crippen molar-refractivity contribution in [3.63, 3.8) is 0 Å². The lowest BCUT2D eigenvalue weighted by Crippen LogP contribution is -2.74. The smallest absolute Gasteiger partial charge is 0.123 e. The van der Waals surface area contributed by atoms with Gasteiger partial charge in [-0.1, -0.05) is 108 Å². The van der Waals surface area contributed by atoms with Crippen LogP contribution >= 0.6 is 0 Å². The van der Waals surface area contributed by atoms with E-state index in [1.165, 1.54) is 33.1 Å². The van der Waals surface area contributed by atoms with Crippen LogP contribution in [-0.2, 0) is 0 Å². The Balaban J connectivity index is 2.14. The van der Waals surface area contributed by atoms with E-state index in [0.717, 1.165) is 5.46 Å². The Hall–Kier alpha value is -3.13. The first-order valence-electron chi connectivity index (χ1n) is 10.5. The summed E-state index contributed by atoms with van der Waals surface area (Å²) in [5.41, 5.74) is 8.88.